The minimum absolute atomic E-state index is 0.0132. The lowest BCUT2D eigenvalue weighted by atomic mass is 9.71. The fourth-order valence-electron chi connectivity index (χ4n) is 7.18. The molecule has 1 amide bonds. The molecule has 3 aromatic rings. The molecule has 3 aliphatic rings. The van der Waals surface area contributed by atoms with Gasteiger partial charge in [0.25, 0.3) is 5.91 Å². The number of fused-ring (bicyclic) bond motifs is 1. The number of hydrogen-bond donors (Lipinski definition) is 2. The van der Waals surface area contributed by atoms with Gasteiger partial charge in [0.1, 0.15) is 23.5 Å². The number of Topliss-reactive ketones (excluding diaryl/α,β-unsaturated/α-hetero) is 1. The highest BCUT2D eigenvalue weighted by molar-refractivity contribution is 6.30. The van der Waals surface area contributed by atoms with Crippen molar-refractivity contribution in [1.82, 2.24) is 14.9 Å². The van der Waals surface area contributed by atoms with Gasteiger partial charge in [-0.2, -0.15) is 5.26 Å². The summed E-state index contributed by atoms with van der Waals surface area (Å²) in [6.45, 7) is 1.63. The van der Waals surface area contributed by atoms with Gasteiger partial charge in [0.2, 0.25) is 5.72 Å². The van der Waals surface area contributed by atoms with Crippen LogP contribution in [0.15, 0.2) is 48.8 Å². The van der Waals surface area contributed by atoms with Gasteiger partial charge in [-0.05, 0) is 74.3 Å². The zero-order valence-electron chi connectivity index (χ0n) is 24.9. The van der Waals surface area contributed by atoms with Crippen LogP contribution in [0, 0.1) is 23.1 Å². The molecule has 1 aliphatic heterocycles. The quantitative estimate of drug-likeness (QED) is 0.342. The molecule has 45 heavy (non-hydrogen) atoms. The van der Waals surface area contributed by atoms with E-state index in [1.54, 1.807) is 30.3 Å². The van der Waals surface area contributed by atoms with Gasteiger partial charge in [-0.3, -0.25) is 14.5 Å². The summed E-state index contributed by atoms with van der Waals surface area (Å²) in [5, 5.41) is 31.8. The van der Waals surface area contributed by atoms with E-state index in [-0.39, 0.29) is 59.2 Å². The monoisotopic (exact) mass is 632 g/mol. The highest BCUT2D eigenvalue weighted by atomic mass is 35.5. The number of amides is 1. The number of carbonyl (C=O) groups is 2. The number of aliphatic hydroxyl groups is 2. The molecule has 9 nitrogen and oxygen atoms in total. The number of halogens is 2. The van der Waals surface area contributed by atoms with Crippen molar-refractivity contribution in [3.05, 3.63) is 93.3 Å². The van der Waals surface area contributed by atoms with Crippen LogP contribution in [-0.2, 0) is 27.4 Å². The Bertz CT molecular complexity index is 1650. The van der Waals surface area contributed by atoms with Crippen molar-refractivity contribution in [2.75, 3.05) is 0 Å². The van der Waals surface area contributed by atoms with Crippen molar-refractivity contribution in [3.8, 4) is 6.07 Å². The van der Waals surface area contributed by atoms with Crippen LogP contribution < -0.4 is 0 Å². The van der Waals surface area contributed by atoms with Gasteiger partial charge in [-0.15, -0.1) is 0 Å². The number of hydrogen-bond acceptors (Lipinski definition) is 8. The second kappa shape index (κ2) is 12.2. The molecule has 234 valence electrons. The largest absolute Gasteiger partial charge is 0.393 e. The van der Waals surface area contributed by atoms with Crippen molar-refractivity contribution < 1.29 is 28.9 Å². The van der Waals surface area contributed by atoms with E-state index < -0.39 is 35.3 Å². The lowest BCUT2D eigenvalue weighted by Crippen LogP contribution is -2.48. The third-order valence-corrected chi connectivity index (χ3v) is 9.85. The Hall–Kier alpha value is -3.75. The first kappa shape index (κ1) is 31.2. The summed E-state index contributed by atoms with van der Waals surface area (Å²) in [6, 6.07) is 11.4. The number of aliphatic hydroxyl groups excluding tert-OH is 1. The maximum Gasteiger partial charge on any atom is 0.257 e. The van der Waals surface area contributed by atoms with Crippen LogP contribution in [-0.4, -0.2) is 49.0 Å². The zero-order chi connectivity index (χ0) is 31.9. The van der Waals surface area contributed by atoms with Gasteiger partial charge < -0.3 is 14.9 Å². The van der Waals surface area contributed by atoms with Gasteiger partial charge >= 0.3 is 0 Å². The Balaban J connectivity index is 1.54. The summed E-state index contributed by atoms with van der Waals surface area (Å²) in [5.74, 6) is -1.31. The molecule has 2 N–H and O–H groups in total. The predicted molar refractivity (Wildman–Crippen MR) is 161 cm³/mol. The normalized spacial score (nSPS) is 26.0. The van der Waals surface area contributed by atoms with E-state index in [4.69, 9.17) is 16.3 Å². The number of ketones is 1. The molecule has 0 bridgehead atoms. The van der Waals surface area contributed by atoms with Crippen molar-refractivity contribution >= 4 is 23.3 Å². The molecule has 2 heterocycles. The smallest absolute Gasteiger partial charge is 0.257 e. The standard InChI is InChI=1S/C34H34ClFN4O5/c1-2-33(44,21-5-9-25(41)10-6-21)23-13-28-31(29(36)14-23)34(22-3-7-24(35)8-4-22,45-27-12-11-26(42)15-27)40(32(28)43)19-30-38-17-20(16-37)18-39-30/h3-4,7-8,13-14,17-18,21,25,27,41,44H,2,5-6,9-12,15,19H2,1H3/t21?,25?,27-,33?,34+/m0/s1. The number of benzene rings is 2. The molecule has 0 spiro atoms. The van der Waals surface area contributed by atoms with E-state index in [2.05, 4.69) is 9.97 Å². The van der Waals surface area contributed by atoms with Crippen LogP contribution in [0.25, 0.3) is 0 Å². The molecule has 2 fully saturated rings. The molecule has 2 aromatic carbocycles. The molecule has 1 unspecified atom stereocenters. The van der Waals surface area contributed by atoms with Crippen LogP contribution in [0.1, 0.15) is 96.7 Å². The van der Waals surface area contributed by atoms with Crippen LogP contribution in [0.5, 0.6) is 0 Å². The van der Waals surface area contributed by atoms with Crippen LogP contribution >= 0.6 is 11.6 Å². The first-order valence-corrected chi connectivity index (χ1v) is 15.7. The van der Waals surface area contributed by atoms with Gasteiger partial charge in [0.05, 0.1) is 41.0 Å². The van der Waals surface area contributed by atoms with Crippen LogP contribution in [0.2, 0.25) is 5.02 Å². The lowest BCUT2D eigenvalue weighted by molar-refractivity contribution is -0.149. The zero-order valence-corrected chi connectivity index (χ0v) is 25.6. The Kier molecular flexibility index (Phi) is 8.48. The molecule has 6 rings (SSSR count). The van der Waals surface area contributed by atoms with E-state index in [1.165, 1.54) is 23.4 Å². The number of nitriles is 1. The Labute approximate surface area is 265 Å². The SMILES string of the molecule is CCC(O)(c1cc(F)c2c(c1)C(=O)N(Cc1ncc(C#N)cn1)[C@@]2(O[C@H]1CCC(=O)C1)c1ccc(Cl)cc1)C1CCC(O)CC1. The second-order valence-corrected chi connectivity index (χ2v) is 12.7. The van der Waals surface area contributed by atoms with E-state index in [0.29, 0.717) is 49.1 Å². The average Bonchev–Trinajstić information content (AvgIpc) is 3.56. The highest BCUT2D eigenvalue weighted by Crippen LogP contribution is 2.51. The van der Waals surface area contributed by atoms with Gasteiger partial charge in [0, 0.05) is 35.8 Å². The third-order valence-electron chi connectivity index (χ3n) is 9.60. The lowest BCUT2D eigenvalue weighted by Gasteiger charge is -2.41. The van der Waals surface area contributed by atoms with Crippen molar-refractivity contribution in [2.45, 2.75) is 88.4 Å². The van der Waals surface area contributed by atoms with Crippen LogP contribution in [0.3, 0.4) is 0 Å². The first-order valence-electron chi connectivity index (χ1n) is 15.3. The molecule has 3 atom stereocenters. The second-order valence-electron chi connectivity index (χ2n) is 12.2. The van der Waals surface area contributed by atoms with Crippen molar-refractivity contribution in [2.24, 2.45) is 5.92 Å². The molecule has 0 radical (unpaired) electrons. The summed E-state index contributed by atoms with van der Waals surface area (Å²) < 4.78 is 23.6. The number of ether oxygens (including phenoxy) is 1. The summed E-state index contributed by atoms with van der Waals surface area (Å²) in [6.07, 6.45) is 4.96. The topological polar surface area (TPSA) is 137 Å². The molecule has 1 aromatic heterocycles. The fourth-order valence-corrected chi connectivity index (χ4v) is 7.31. The number of nitrogens with zero attached hydrogens (tertiary/aromatic N) is 4. The first-order chi connectivity index (χ1) is 21.6. The highest BCUT2D eigenvalue weighted by Gasteiger charge is 2.56. The van der Waals surface area contributed by atoms with E-state index in [9.17, 15) is 25.1 Å². The Morgan fingerprint density at radius 3 is 2.42 bits per heavy atom. The Morgan fingerprint density at radius 2 is 1.82 bits per heavy atom. The van der Waals surface area contributed by atoms with Gasteiger partial charge in [0.15, 0.2) is 0 Å². The Morgan fingerprint density at radius 1 is 1.13 bits per heavy atom. The maximum atomic E-state index is 16.9. The number of rotatable bonds is 8. The van der Waals surface area contributed by atoms with E-state index in [0.717, 1.165) is 0 Å². The third kappa shape index (κ3) is 5.52. The summed E-state index contributed by atoms with van der Waals surface area (Å²) in [4.78, 5) is 36.8. The maximum absolute atomic E-state index is 16.9. The van der Waals surface area contributed by atoms with Crippen LogP contribution in [0.4, 0.5) is 4.39 Å². The number of aromatic nitrogens is 2. The molecule has 11 heteroatoms. The number of carbonyl (C=O) groups excluding carboxylic acids is 2. The van der Waals surface area contributed by atoms with Crippen molar-refractivity contribution in [1.29, 1.82) is 5.26 Å². The van der Waals surface area contributed by atoms with Gasteiger partial charge in [-0.25, -0.2) is 14.4 Å². The molecule has 0 saturated heterocycles. The minimum atomic E-state index is -1.81. The molecular formula is C34H34ClFN4O5. The van der Waals surface area contributed by atoms with E-state index >= 15 is 4.39 Å². The summed E-state index contributed by atoms with van der Waals surface area (Å²) >= 11 is 6.25. The fraction of sp³-hybridized carbons (Fsp3) is 0.441. The molecule has 2 saturated carbocycles. The summed E-state index contributed by atoms with van der Waals surface area (Å²) in [7, 11) is 0. The molecule has 2 aliphatic carbocycles. The summed E-state index contributed by atoms with van der Waals surface area (Å²) in [5.41, 5.74) is -2.29. The predicted octanol–water partition coefficient (Wildman–Crippen LogP) is 5.28. The van der Waals surface area contributed by atoms with E-state index in [1.807, 2.05) is 13.0 Å². The molecular weight excluding hydrogens is 599 g/mol. The van der Waals surface area contributed by atoms with Crippen molar-refractivity contribution in [3.63, 3.8) is 0 Å². The minimum Gasteiger partial charge on any atom is -0.393 e. The van der Waals surface area contributed by atoms with Gasteiger partial charge in [-0.1, -0.05) is 30.7 Å². The average molecular weight is 633 g/mol.